The molecular weight excluding hydrogens is 308 g/mol. The van der Waals surface area contributed by atoms with Gasteiger partial charge in [0.1, 0.15) is 5.82 Å². The highest BCUT2D eigenvalue weighted by atomic mass is 32.1. The molecule has 0 aliphatic heterocycles. The average molecular weight is 325 g/mol. The van der Waals surface area contributed by atoms with Crippen molar-refractivity contribution in [2.24, 2.45) is 5.10 Å². The van der Waals surface area contributed by atoms with Crippen molar-refractivity contribution in [2.45, 2.75) is 26.7 Å². The van der Waals surface area contributed by atoms with E-state index in [0.717, 1.165) is 24.8 Å². The molecule has 0 bridgehead atoms. The van der Waals surface area contributed by atoms with E-state index in [9.17, 15) is 8.78 Å². The number of ether oxygens (including phenoxy) is 1. The van der Waals surface area contributed by atoms with Gasteiger partial charge < -0.3 is 4.74 Å². The van der Waals surface area contributed by atoms with Gasteiger partial charge in [0, 0.05) is 5.38 Å². The minimum Gasteiger partial charge on any atom is -0.490 e. The molecule has 0 amide bonds. The van der Waals surface area contributed by atoms with Crippen molar-refractivity contribution in [3.63, 3.8) is 0 Å². The molecule has 0 unspecified atom stereocenters. The molecule has 2 aromatic rings. The number of nitrogens with zero attached hydrogens (tertiary/aromatic N) is 2. The van der Waals surface area contributed by atoms with Crippen LogP contribution < -0.4 is 10.2 Å². The van der Waals surface area contributed by atoms with Crippen molar-refractivity contribution in [3.8, 4) is 5.75 Å². The largest absolute Gasteiger partial charge is 0.490 e. The molecule has 0 aliphatic carbocycles. The van der Waals surface area contributed by atoms with Crippen molar-refractivity contribution >= 4 is 22.7 Å². The lowest BCUT2D eigenvalue weighted by Gasteiger charge is -2.08. The van der Waals surface area contributed by atoms with Crippen LogP contribution in [0.1, 0.15) is 31.0 Å². The molecule has 7 heteroatoms. The maximum atomic E-state index is 14.2. The minimum atomic E-state index is -0.753. The topological polar surface area (TPSA) is 46.5 Å². The Bertz CT molecular complexity index is 658. The van der Waals surface area contributed by atoms with Gasteiger partial charge in [-0.25, -0.2) is 13.8 Å². The van der Waals surface area contributed by atoms with Crippen molar-refractivity contribution in [2.75, 3.05) is 12.0 Å². The predicted molar refractivity (Wildman–Crippen MR) is 84.8 cm³/mol. The van der Waals surface area contributed by atoms with Crippen LogP contribution in [0.15, 0.2) is 22.6 Å². The normalized spacial score (nSPS) is 11.1. The molecule has 0 atom stereocenters. The zero-order valence-corrected chi connectivity index (χ0v) is 13.2. The number of hydrogen-bond acceptors (Lipinski definition) is 5. The average Bonchev–Trinajstić information content (AvgIpc) is 2.90. The first kappa shape index (κ1) is 16.4. The Kier molecular flexibility index (Phi) is 5.83. The van der Waals surface area contributed by atoms with Gasteiger partial charge in [-0.05, 0) is 25.5 Å². The second-order valence-corrected chi connectivity index (χ2v) is 5.50. The molecule has 22 heavy (non-hydrogen) atoms. The molecule has 1 heterocycles. The Hall–Kier alpha value is -2.02. The Morgan fingerprint density at radius 2 is 2.23 bits per heavy atom. The van der Waals surface area contributed by atoms with Crippen molar-refractivity contribution < 1.29 is 13.5 Å². The van der Waals surface area contributed by atoms with Crippen LogP contribution in [0.4, 0.5) is 13.9 Å². The van der Waals surface area contributed by atoms with E-state index >= 15 is 0 Å². The van der Waals surface area contributed by atoms with E-state index in [0.29, 0.717) is 11.7 Å². The van der Waals surface area contributed by atoms with Gasteiger partial charge in [-0.2, -0.15) is 5.10 Å². The molecule has 1 aromatic heterocycles. The van der Waals surface area contributed by atoms with Crippen LogP contribution in [0.3, 0.4) is 0 Å². The first-order chi connectivity index (χ1) is 10.6. The third kappa shape index (κ3) is 4.24. The van der Waals surface area contributed by atoms with Crippen LogP contribution in [0.5, 0.6) is 5.75 Å². The smallest absolute Gasteiger partial charge is 0.203 e. The fourth-order valence-electron chi connectivity index (χ4n) is 1.66. The summed E-state index contributed by atoms with van der Waals surface area (Å²) in [4.78, 5) is 4.14. The van der Waals surface area contributed by atoms with Crippen molar-refractivity contribution in [3.05, 3.63) is 40.4 Å². The van der Waals surface area contributed by atoms with Crippen LogP contribution in [0, 0.1) is 18.6 Å². The number of benzene rings is 1. The minimum absolute atomic E-state index is 0.0291. The number of aromatic nitrogens is 1. The summed E-state index contributed by atoms with van der Waals surface area (Å²) in [6, 6.07) is 2.45. The monoisotopic (exact) mass is 325 g/mol. The number of nitrogens with one attached hydrogen (secondary N) is 1. The SMILES string of the molecule is CCCCOc1ccc(F)c(C=NNc2nc(C)cs2)c1F. The lowest BCUT2D eigenvalue weighted by Crippen LogP contribution is -2.03. The van der Waals surface area contributed by atoms with Gasteiger partial charge in [-0.15, -0.1) is 11.3 Å². The number of anilines is 1. The standard InChI is InChI=1S/C15H17F2N3OS/c1-3-4-7-21-13-6-5-12(16)11(14(13)17)8-18-20-15-19-10(2)9-22-15/h5-6,8-9H,3-4,7H2,1-2H3,(H,19,20). The van der Waals surface area contributed by atoms with E-state index in [-0.39, 0.29) is 11.3 Å². The number of halogens is 2. The van der Waals surface area contributed by atoms with E-state index in [4.69, 9.17) is 4.74 Å². The molecule has 0 spiro atoms. The third-order valence-electron chi connectivity index (χ3n) is 2.82. The van der Waals surface area contributed by atoms with Crippen molar-refractivity contribution in [1.82, 2.24) is 4.98 Å². The Morgan fingerprint density at radius 1 is 1.41 bits per heavy atom. The molecule has 1 N–H and O–H groups in total. The summed E-state index contributed by atoms with van der Waals surface area (Å²) in [7, 11) is 0. The predicted octanol–water partition coefficient (Wildman–Crippen LogP) is 4.35. The summed E-state index contributed by atoms with van der Waals surface area (Å²) in [6.45, 7) is 4.25. The highest BCUT2D eigenvalue weighted by Gasteiger charge is 2.13. The lowest BCUT2D eigenvalue weighted by molar-refractivity contribution is 0.293. The quantitative estimate of drug-likeness (QED) is 0.467. The highest BCUT2D eigenvalue weighted by molar-refractivity contribution is 7.13. The third-order valence-corrected chi connectivity index (χ3v) is 3.68. The summed E-state index contributed by atoms with van der Waals surface area (Å²) >= 11 is 1.36. The van der Waals surface area contributed by atoms with E-state index in [1.165, 1.54) is 23.5 Å². The van der Waals surface area contributed by atoms with Crippen LogP contribution in [-0.4, -0.2) is 17.8 Å². The fraction of sp³-hybridized carbons (Fsp3) is 0.333. The van der Waals surface area contributed by atoms with Gasteiger partial charge in [0.2, 0.25) is 5.13 Å². The van der Waals surface area contributed by atoms with Gasteiger partial charge >= 0.3 is 0 Å². The summed E-state index contributed by atoms with van der Waals surface area (Å²) < 4.78 is 33.2. The zero-order chi connectivity index (χ0) is 15.9. The van der Waals surface area contributed by atoms with E-state index in [1.807, 2.05) is 19.2 Å². The second-order valence-electron chi connectivity index (χ2n) is 4.64. The van der Waals surface area contributed by atoms with Gasteiger partial charge in [0.05, 0.1) is 24.1 Å². The first-order valence-corrected chi connectivity index (χ1v) is 7.81. The number of unbranched alkanes of at least 4 members (excludes halogenated alkanes) is 1. The molecule has 2 rings (SSSR count). The summed E-state index contributed by atoms with van der Waals surface area (Å²) in [6.07, 6.45) is 2.84. The van der Waals surface area contributed by atoms with Crippen LogP contribution in [-0.2, 0) is 0 Å². The molecule has 0 aliphatic rings. The fourth-order valence-corrected chi connectivity index (χ4v) is 2.30. The molecular formula is C15H17F2N3OS. The van der Waals surface area contributed by atoms with Crippen LogP contribution in [0.25, 0.3) is 0 Å². The number of aryl methyl sites for hydroxylation is 1. The molecule has 0 saturated heterocycles. The Balaban J connectivity index is 2.10. The van der Waals surface area contributed by atoms with Gasteiger partial charge in [-0.1, -0.05) is 13.3 Å². The van der Waals surface area contributed by atoms with E-state index < -0.39 is 11.6 Å². The molecule has 118 valence electrons. The highest BCUT2D eigenvalue weighted by Crippen LogP contribution is 2.22. The van der Waals surface area contributed by atoms with E-state index in [1.54, 1.807) is 0 Å². The number of hydrogen-bond donors (Lipinski definition) is 1. The number of rotatable bonds is 7. The second kappa shape index (κ2) is 7.84. The number of thiazole rings is 1. The van der Waals surface area contributed by atoms with Crippen LogP contribution in [0.2, 0.25) is 0 Å². The maximum Gasteiger partial charge on any atom is 0.203 e. The summed E-state index contributed by atoms with van der Waals surface area (Å²) in [5.74, 6) is -1.42. The summed E-state index contributed by atoms with van der Waals surface area (Å²) in [5.41, 5.74) is 3.26. The van der Waals surface area contributed by atoms with E-state index in [2.05, 4.69) is 15.5 Å². The van der Waals surface area contributed by atoms with Crippen LogP contribution >= 0.6 is 11.3 Å². The van der Waals surface area contributed by atoms with Gasteiger partial charge in [0.15, 0.2) is 11.6 Å². The zero-order valence-electron chi connectivity index (χ0n) is 12.4. The Morgan fingerprint density at radius 3 is 2.91 bits per heavy atom. The van der Waals surface area contributed by atoms with Gasteiger partial charge in [-0.3, -0.25) is 5.43 Å². The lowest BCUT2D eigenvalue weighted by atomic mass is 10.2. The molecule has 0 radical (unpaired) electrons. The molecule has 1 aromatic carbocycles. The summed E-state index contributed by atoms with van der Waals surface area (Å²) in [5, 5.41) is 6.23. The molecule has 0 saturated carbocycles. The molecule has 0 fully saturated rings. The maximum absolute atomic E-state index is 14.2. The first-order valence-electron chi connectivity index (χ1n) is 6.93. The van der Waals surface area contributed by atoms with Crippen molar-refractivity contribution in [1.29, 1.82) is 0 Å². The Labute approximate surface area is 131 Å². The number of hydrazone groups is 1. The van der Waals surface area contributed by atoms with Gasteiger partial charge in [0.25, 0.3) is 0 Å². The molecule has 4 nitrogen and oxygen atoms in total.